The van der Waals surface area contributed by atoms with Crippen molar-refractivity contribution in [3.63, 3.8) is 0 Å². The molecule has 0 atom stereocenters. The van der Waals surface area contributed by atoms with Gasteiger partial charge in [-0.2, -0.15) is 5.10 Å². The number of aromatic amines is 1. The summed E-state index contributed by atoms with van der Waals surface area (Å²) < 4.78 is 28.0. The normalized spacial score (nSPS) is 13.9. The number of fused-ring (bicyclic) bond motifs is 1. The van der Waals surface area contributed by atoms with Crippen LogP contribution < -0.4 is 10.9 Å². The molecule has 2 heterocycles. The fourth-order valence-electron chi connectivity index (χ4n) is 4.97. The number of aromatic nitrogens is 2. The molecule has 0 spiro atoms. The highest BCUT2D eigenvalue weighted by Gasteiger charge is 2.35. The van der Waals surface area contributed by atoms with Gasteiger partial charge >= 0.3 is 0 Å². The Hall–Kier alpha value is -4.60. The first-order valence-electron chi connectivity index (χ1n) is 13.0. The first kappa shape index (κ1) is 27.0. The maximum atomic E-state index is 14.8. The summed E-state index contributed by atoms with van der Waals surface area (Å²) in [6.45, 7) is 4.61. The van der Waals surface area contributed by atoms with E-state index in [1.165, 1.54) is 24.3 Å². The van der Waals surface area contributed by atoms with E-state index in [0.717, 1.165) is 0 Å². The summed E-state index contributed by atoms with van der Waals surface area (Å²) in [4.78, 5) is 41.8. The molecule has 1 saturated heterocycles. The number of benzene rings is 3. The molecule has 206 valence electrons. The number of rotatable bonds is 6. The van der Waals surface area contributed by atoms with Crippen LogP contribution in [0.15, 0.2) is 71.5 Å². The molecular formula is C30H29F2N5O3. The van der Waals surface area contributed by atoms with Crippen molar-refractivity contribution in [2.75, 3.05) is 31.5 Å². The van der Waals surface area contributed by atoms with Crippen LogP contribution in [-0.4, -0.2) is 63.5 Å². The molecule has 0 bridgehead atoms. The third-order valence-corrected chi connectivity index (χ3v) is 7.10. The molecule has 8 nitrogen and oxygen atoms in total. The molecule has 0 saturated carbocycles. The van der Waals surface area contributed by atoms with E-state index in [9.17, 15) is 23.2 Å². The quantitative estimate of drug-likeness (QED) is 0.382. The van der Waals surface area contributed by atoms with Crippen molar-refractivity contribution in [1.82, 2.24) is 20.0 Å². The minimum atomic E-state index is -0.954. The van der Waals surface area contributed by atoms with Crippen molar-refractivity contribution >= 4 is 28.3 Å². The molecule has 1 aliphatic rings. The van der Waals surface area contributed by atoms with Gasteiger partial charge in [-0.05, 0) is 61.9 Å². The summed E-state index contributed by atoms with van der Waals surface area (Å²) >= 11 is 0. The van der Waals surface area contributed by atoms with Gasteiger partial charge in [0, 0.05) is 43.7 Å². The number of nitrogens with zero attached hydrogens (tertiary/aromatic N) is 3. The number of hydrogen-bond acceptors (Lipinski definition) is 5. The van der Waals surface area contributed by atoms with Crippen molar-refractivity contribution < 1.29 is 18.4 Å². The molecule has 10 heteroatoms. The van der Waals surface area contributed by atoms with E-state index in [1.807, 2.05) is 6.07 Å². The second kappa shape index (κ2) is 10.9. The zero-order valence-electron chi connectivity index (χ0n) is 22.2. The summed E-state index contributed by atoms with van der Waals surface area (Å²) in [6, 6.07) is 17.3. The summed E-state index contributed by atoms with van der Waals surface area (Å²) in [6.07, 6.45) is 0.302. The average Bonchev–Trinajstić information content (AvgIpc) is 2.96. The topological polar surface area (TPSA) is 98.4 Å². The number of hydrogen-bond donors (Lipinski definition) is 2. The van der Waals surface area contributed by atoms with Gasteiger partial charge in [0.1, 0.15) is 17.2 Å². The van der Waals surface area contributed by atoms with E-state index in [-0.39, 0.29) is 35.9 Å². The zero-order valence-corrected chi connectivity index (χ0v) is 22.2. The van der Waals surface area contributed by atoms with Crippen molar-refractivity contribution in [3.8, 4) is 0 Å². The second-order valence-electron chi connectivity index (χ2n) is 10.4. The number of nitrogens with one attached hydrogen (secondary N) is 2. The Labute approximate surface area is 229 Å². The predicted octanol–water partition coefficient (Wildman–Crippen LogP) is 3.97. The number of H-pyrrole nitrogens is 1. The molecule has 1 aromatic heterocycles. The van der Waals surface area contributed by atoms with Crippen LogP contribution in [-0.2, 0) is 11.2 Å². The molecule has 2 N–H and O–H groups in total. The second-order valence-corrected chi connectivity index (χ2v) is 10.4. The van der Waals surface area contributed by atoms with Gasteiger partial charge in [0.25, 0.3) is 11.5 Å². The van der Waals surface area contributed by atoms with E-state index in [0.29, 0.717) is 47.2 Å². The summed E-state index contributed by atoms with van der Waals surface area (Å²) in [5.41, 5.74) is 0.616. The van der Waals surface area contributed by atoms with Crippen molar-refractivity contribution in [2.45, 2.75) is 25.8 Å². The fourth-order valence-corrected chi connectivity index (χ4v) is 4.97. The molecule has 0 radical (unpaired) electrons. The lowest BCUT2D eigenvalue weighted by molar-refractivity contribution is -0.136. The molecule has 5 rings (SSSR count). The van der Waals surface area contributed by atoms with Crippen molar-refractivity contribution in [1.29, 1.82) is 0 Å². The van der Waals surface area contributed by atoms with Crippen LogP contribution in [0.1, 0.15) is 35.5 Å². The van der Waals surface area contributed by atoms with Crippen LogP contribution >= 0.6 is 0 Å². The van der Waals surface area contributed by atoms with Crippen LogP contribution in [0.5, 0.6) is 0 Å². The number of amides is 2. The lowest BCUT2D eigenvalue weighted by atomic mass is 10.0. The zero-order chi connectivity index (χ0) is 28.4. The van der Waals surface area contributed by atoms with Crippen LogP contribution in [0.4, 0.5) is 14.5 Å². The average molecular weight is 546 g/mol. The molecule has 3 aromatic carbocycles. The van der Waals surface area contributed by atoms with Crippen molar-refractivity contribution in [3.05, 3.63) is 106 Å². The molecule has 0 aliphatic carbocycles. The molecule has 0 unspecified atom stereocenters. The SMILES string of the molecule is CC(C)(Nc1ccc(F)cc1)C(=O)N1CCN(C(=O)c2cc(Cc3n[nH]c(=O)c4ccccc34)ccc2F)CC1. The molecule has 2 amide bonds. The van der Waals surface area contributed by atoms with Gasteiger partial charge in [-0.1, -0.05) is 24.3 Å². The van der Waals surface area contributed by atoms with E-state index in [2.05, 4.69) is 15.5 Å². The third kappa shape index (κ3) is 5.56. The molecule has 40 heavy (non-hydrogen) atoms. The number of carbonyl (C=O) groups is 2. The molecule has 1 fully saturated rings. The van der Waals surface area contributed by atoms with E-state index >= 15 is 0 Å². The molecule has 4 aromatic rings. The molecular weight excluding hydrogens is 516 g/mol. The van der Waals surface area contributed by atoms with Gasteiger partial charge in [0.05, 0.1) is 16.6 Å². The summed E-state index contributed by atoms with van der Waals surface area (Å²) in [5, 5.41) is 11.0. The van der Waals surface area contributed by atoms with Gasteiger partial charge in [-0.3, -0.25) is 14.4 Å². The highest BCUT2D eigenvalue weighted by Crippen LogP contribution is 2.22. The van der Waals surface area contributed by atoms with E-state index in [1.54, 1.807) is 60.0 Å². The van der Waals surface area contributed by atoms with Crippen molar-refractivity contribution in [2.24, 2.45) is 0 Å². The Morgan fingerprint density at radius 3 is 2.27 bits per heavy atom. The predicted molar refractivity (Wildman–Crippen MR) is 148 cm³/mol. The van der Waals surface area contributed by atoms with Gasteiger partial charge in [-0.25, -0.2) is 13.9 Å². The monoisotopic (exact) mass is 545 g/mol. The van der Waals surface area contributed by atoms with Gasteiger partial charge in [0.15, 0.2) is 0 Å². The first-order chi connectivity index (χ1) is 19.1. The highest BCUT2D eigenvalue weighted by molar-refractivity contribution is 5.95. The molecule has 1 aliphatic heterocycles. The maximum absolute atomic E-state index is 14.8. The van der Waals surface area contributed by atoms with Crippen LogP contribution in [0, 0.1) is 11.6 Å². The van der Waals surface area contributed by atoms with Gasteiger partial charge < -0.3 is 15.1 Å². The number of halogens is 2. The largest absolute Gasteiger partial charge is 0.372 e. The van der Waals surface area contributed by atoms with Crippen LogP contribution in [0.25, 0.3) is 10.8 Å². The lowest BCUT2D eigenvalue weighted by Crippen LogP contribution is -2.57. The maximum Gasteiger partial charge on any atom is 0.272 e. The minimum Gasteiger partial charge on any atom is -0.372 e. The minimum absolute atomic E-state index is 0.0516. The standard InChI is InChI=1S/C30H29F2N5O3/c1-30(2,33-21-10-8-20(31)9-11-21)29(40)37-15-13-36(14-16-37)28(39)24-17-19(7-12-25(24)32)18-26-22-5-3-4-6-23(22)27(38)35-34-26/h3-12,17,33H,13-16,18H2,1-2H3,(H,35,38). The van der Waals surface area contributed by atoms with Crippen LogP contribution in [0.2, 0.25) is 0 Å². The Bertz CT molecular complexity index is 1630. The fraction of sp³-hybridized carbons (Fsp3) is 0.267. The third-order valence-electron chi connectivity index (χ3n) is 7.10. The highest BCUT2D eigenvalue weighted by atomic mass is 19.1. The van der Waals surface area contributed by atoms with Gasteiger partial charge in [0.2, 0.25) is 5.91 Å². The van der Waals surface area contributed by atoms with E-state index < -0.39 is 17.3 Å². The number of piperazine rings is 1. The summed E-state index contributed by atoms with van der Waals surface area (Å²) in [7, 11) is 0. The lowest BCUT2D eigenvalue weighted by Gasteiger charge is -2.39. The Morgan fingerprint density at radius 2 is 1.57 bits per heavy atom. The summed E-state index contributed by atoms with van der Waals surface area (Å²) in [5.74, 6) is -1.60. The smallest absolute Gasteiger partial charge is 0.272 e. The Morgan fingerprint density at radius 1 is 0.925 bits per heavy atom. The number of anilines is 1. The van der Waals surface area contributed by atoms with Gasteiger partial charge in [-0.15, -0.1) is 0 Å². The number of carbonyl (C=O) groups excluding carboxylic acids is 2. The Balaban J connectivity index is 1.26. The Kier molecular flexibility index (Phi) is 7.34. The van der Waals surface area contributed by atoms with Crippen LogP contribution in [0.3, 0.4) is 0 Å². The first-order valence-corrected chi connectivity index (χ1v) is 13.0. The van der Waals surface area contributed by atoms with E-state index in [4.69, 9.17) is 0 Å².